The van der Waals surface area contributed by atoms with Crippen molar-refractivity contribution in [3.63, 3.8) is 0 Å². The zero-order valence-electron chi connectivity index (χ0n) is 14.0. The molecule has 1 N–H and O–H groups in total. The lowest BCUT2D eigenvalue weighted by Gasteiger charge is -2.08. The highest BCUT2D eigenvalue weighted by molar-refractivity contribution is 6.09. The molecule has 4 nitrogen and oxygen atoms in total. The number of rotatable bonds is 5. The first-order valence-electron chi connectivity index (χ1n) is 7.79. The van der Waals surface area contributed by atoms with Crippen LogP contribution in [0.15, 0.2) is 60.7 Å². The van der Waals surface area contributed by atoms with Gasteiger partial charge in [0.1, 0.15) is 17.2 Å². The predicted molar refractivity (Wildman–Crippen MR) is 98.5 cm³/mol. The van der Waals surface area contributed by atoms with E-state index < -0.39 is 0 Å². The maximum atomic E-state index is 12.4. The van der Waals surface area contributed by atoms with Gasteiger partial charge in [0.25, 0.3) is 0 Å². The van der Waals surface area contributed by atoms with E-state index in [2.05, 4.69) is 0 Å². The highest BCUT2D eigenvalue weighted by Gasteiger charge is 2.10. The molecule has 0 saturated heterocycles. The van der Waals surface area contributed by atoms with Crippen molar-refractivity contribution in [1.29, 1.82) is 0 Å². The van der Waals surface area contributed by atoms with Gasteiger partial charge in [-0.3, -0.25) is 4.79 Å². The number of hydrogen-bond donors (Lipinski definition) is 1. The topological polar surface area (TPSA) is 55.8 Å². The van der Waals surface area contributed by atoms with Crippen LogP contribution in [-0.2, 0) is 0 Å². The molecule has 0 fully saturated rings. The second kappa shape index (κ2) is 7.09. The minimum Gasteiger partial charge on any atom is -0.507 e. The van der Waals surface area contributed by atoms with Crippen molar-refractivity contribution >= 4 is 22.6 Å². The van der Waals surface area contributed by atoms with Crippen molar-refractivity contribution in [2.45, 2.75) is 0 Å². The molecule has 0 saturated carbocycles. The molecule has 3 aromatic rings. The van der Waals surface area contributed by atoms with Crippen LogP contribution in [0.3, 0.4) is 0 Å². The third-order valence-corrected chi connectivity index (χ3v) is 4.02. The molecule has 0 atom stereocenters. The molecule has 0 aliphatic carbocycles. The van der Waals surface area contributed by atoms with Gasteiger partial charge in [0, 0.05) is 11.5 Å². The maximum Gasteiger partial charge on any atom is 0.189 e. The fraction of sp³-hybridized carbons (Fsp3) is 0.0952. The zero-order chi connectivity index (χ0) is 17.8. The molecule has 0 bridgehead atoms. The zero-order valence-corrected chi connectivity index (χ0v) is 14.0. The fourth-order valence-electron chi connectivity index (χ4n) is 2.72. The van der Waals surface area contributed by atoms with E-state index in [1.807, 2.05) is 36.4 Å². The smallest absolute Gasteiger partial charge is 0.189 e. The average molecular weight is 334 g/mol. The minimum atomic E-state index is -0.278. The Morgan fingerprint density at radius 2 is 1.72 bits per heavy atom. The fourth-order valence-corrected chi connectivity index (χ4v) is 2.72. The number of hydrogen-bond acceptors (Lipinski definition) is 4. The standard InChI is InChI=1S/C21H18O4/c1-24-15-9-10-18(20(23)13-15)19(22)11-7-14-8-12-21(25-2)17-6-4-3-5-16(14)17/h3-13,23H,1-2H3/b11-7+. The molecule has 0 aliphatic heterocycles. The third-order valence-electron chi connectivity index (χ3n) is 4.02. The molecule has 3 aromatic carbocycles. The summed E-state index contributed by atoms with van der Waals surface area (Å²) in [5.74, 6) is 0.902. The van der Waals surface area contributed by atoms with Crippen LogP contribution >= 0.6 is 0 Å². The summed E-state index contributed by atoms with van der Waals surface area (Å²) in [4.78, 5) is 12.4. The van der Waals surface area contributed by atoms with Crippen LogP contribution < -0.4 is 9.47 Å². The summed E-state index contributed by atoms with van der Waals surface area (Å²) in [5, 5.41) is 11.9. The molecule has 0 amide bonds. The molecule has 126 valence electrons. The summed E-state index contributed by atoms with van der Waals surface area (Å²) in [7, 11) is 3.14. The summed E-state index contributed by atoms with van der Waals surface area (Å²) < 4.78 is 10.4. The van der Waals surface area contributed by atoms with Gasteiger partial charge in [-0.2, -0.15) is 0 Å². The normalized spacial score (nSPS) is 11.0. The van der Waals surface area contributed by atoms with E-state index in [-0.39, 0.29) is 17.1 Å². The van der Waals surface area contributed by atoms with E-state index in [1.54, 1.807) is 25.3 Å². The van der Waals surface area contributed by atoms with E-state index >= 15 is 0 Å². The first-order chi connectivity index (χ1) is 12.1. The number of phenolic OH excluding ortho intramolecular Hbond substituents is 1. The highest BCUT2D eigenvalue weighted by Crippen LogP contribution is 2.29. The number of methoxy groups -OCH3 is 2. The summed E-state index contributed by atoms with van der Waals surface area (Å²) in [6, 6.07) is 16.2. The van der Waals surface area contributed by atoms with Crippen LogP contribution in [0.1, 0.15) is 15.9 Å². The van der Waals surface area contributed by atoms with Gasteiger partial charge in [-0.05, 0) is 35.2 Å². The average Bonchev–Trinajstić information content (AvgIpc) is 2.65. The number of carbonyl (C=O) groups excluding carboxylic acids is 1. The molecule has 0 spiro atoms. The van der Waals surface area contributed by atoms with E-state index in [1.165, 1.54) is 19.3 Å². The molecule has 3 rings (SSSR count). The molecule has 25 heavy (non-hydrogen) atoms. The van der Waals surface area contributed by atoms with Crippen LogP contribution in [0, 0.1) is 0 Å². The lowest BCUT2D eigenvalue weighted by molar-refractivity contribution is 0.104. The number of benzene rings is 3. The van der Waals surface area contributed by atoms with Crippen molar-refractivity contribution in [2.75, 3.05) is 14.2 Å². The van der Waals surface area contributed by atoms with E-state index in [0.29, 0.717) is 5.75 Å². The molecule has 0 aromatic heterocycles. The van der Waals surface area contributed by atoms with Crippen LogP contribution in [0.2, 0.25) is 0 Å². The van der Waals surface area contributed by atoms with E-state index in [0.717, 1.165) is 22.1 Å². The predicted octanol–water partition coefficient (Wildman–Crippen LogP) is 4.46. The van der Waals surface area contributed by atoms with Gasteiger partial charge in [0.2, 0.25) is 0 Å². The van der Waals surface area contributed by atoms with Gasteiger partial charge >= 0.3 is 0 Å². The number of allylic oxidation sites excluding steroid dienone is 1. The third kappa shape index (κ3) is 3.33. The molecule has 0 radical (unpaired) electrons. The first kappa shape index (κ1) is 16.6. The van der Waals surface area contributed by atoms with Crippen molar-refractivity contribution in [3.8, 4) is 17.2 Å². The Labute approximate surface area is 145 Å². The number of ketones is 1. The van der Waals surface area contributed by atoms with Crippen molar-refractivity contribution in [3.05, 3.63) is 71.8 Å². The van der Waals surface area contributed by atoms with Crippen LogP contribution in [0.5, 0.6) is 17.2 Å². The van der Waals surface area contributed by atoms with Gasteiger partial charge in [0.15, 0.2) is 5.78 Å². The summed E-state index contributed by atoms with van der Waals surface area (Å²) in [6.45, 7) is 0. The number of phenols is 1. The Kier molecular flexibility index (Phi) is 4.70. The Morgan fingerprint density at radius 1 is 0.960 bits per heavy atom. The number of carbonyl (C=O) groups is 1. The van der Waals surface area contributed by atoms with E-state index in [4.69, 9.17) is 9.47 Å². The quantitative estimate of drug-likeness (QED) is 0.553. The largest absolute Gasteiger partial charge is 0.507 e. The van der Waals surface area contributed by atoms with Crippen LogP contribution in [0.25, 0.3) is 16.8 Å². The Bertz CT molecular complexity index is 957. The first-order valence-corrected chi connectivity index (χ1v) is 7.79. The summed E-state index contributed by atoms with van der Waals surface area (Å²) >= 11 is 0. The Hall–Kier alpha value is -3.27. The Morgan fingerprint density at radius 3 is 2.40 bits per heavy atom. The second-order valence-electron chi connectivity index (χ2n) is 5.48. The van der Waals surface area contributed by atoms with Gasteiger partial charge in [-0.25, -0.2) is 0 Å². The minimum absolute atomic E-state index is 0.103. The Balaban J connectivity index is 1.95. The molecule has 0 heterocycles. The number of aromatic hydroxyl groups is 1. The van der Waals surface area contributed by atoms with Crippen molar-refractivity contribution in [2.24, 2.45) is 0 Å². The molecular formula is C21H18O4. The SMILES string of the molecule is COc1ccc(C(=O)/C=C/c2ccc(OC)c3ccccc23)c(O)c1. The summed E-state index contributed by atoms with van der Waals surface area (Å²) in [6.07, 6.45) is 3.20. The van der Waals surface area contributed by atoms with Gasteiger partial charge in [-0.1, -0.05) is 36.4 Å². The maximum absolute atomic E-state index is 12.4. The van der Waals surface area contributed by atoms with Gasteiger partial charge in [-0.15, -0.1) is 0 Å². The van der Waals surface area contributed by atoms with Crippen LogP contribution in [-0.4, -0.2) is 25.1 Å². The van der Waals surface area contributed by atoms with Crippen LogP contribution in [0.4, 0.5) is 0 Å². The monoisotopic (exact) mass is 334 g/mol. The van der Waals surface area contributed by atoms with Gasteiger partial charge in [0.05, 0.1) is 19.8 Å². The molecule has 0 aliphatic rings. The molecular weight excluding hydrogens is 316 g/mol. The highest BCUT2D eigenvalue weighted by atomic mass is 16.5. The molecule has 4 heteroatoms. The second-order valence-corrected chi connectivity index (χ2v) is 5.48. The molecule has 0 unspecified atom stereocenters. The van der Waals surface area contributed by atoms with Gasteiger partial charge < -0.3 is 14.6 Å². The lowest BCUT2D eigenvalue weighted by Crippen LogP contribution is -1.95. The van der Waals surface area contributed by atoms with Crippen molar-refractivity contribution < 1.29 is 19.4 Å². The lowest BCUT2D eigenvalue weighted by atomic mass is 10.0. The summed E-state index contributed by atoms with van der Waals surface area (Å²) in [5.41, 5.74) is 1.13. The number of fused-ring (bicyclic) bond motifs is 1. The van der Waals surface area contributed by atoms with E-state index in [9.17, 15) is 9.90 Å². The van der Waals surface area contributed by atoms with Crippen molar-refractivity contribution in [1.82, 2.24) is 0 Å². The number of ether oxygens (including phenoxy) is 2.